The molecule has 0 aliphatic heterocycles. The van der Waals surface area contributed by atoms with Crippen molar-refractivity contribution in [1.82, 2.24) is 0 Å². The standard InChI is InChI=1S/C14H20ClNO4/c1-7(2)8-5-10(19-3)14(20-4)12(13(8)15)9(16)6-11(17)18/h5,7,9H,6,16H2,1-4H3,(H,17,18). The predicted octanol–water partition coefficient (Wildman–Crippen LogP) is 2.96. The number of ether oxygens (including phenoxy) is 2. The Hall–Kier alpha value is -1.46. The second-order valence-electron chi connectivity index (χ2n) is 4.79. The smallest absolute Gasteiger partial charge is 0.305 e. The Balaban J connectivity index is 3.51. The minimum Gasteiger partial charge on any atom is -0.493 e. The summed E-state index contributed by atoms with van der Waals surface area (Å²) >= 11 is 6.39. The minimum absolute atomic E-state index is 0.151. The number of hydrogen-bond acceptors (Lipinski definition) is 4. The fraction of sp³-hybridized carbons (Fsp3) is 0.500. The van der Waals surface area contributed by atoms with Crippen LogP contribution in [0.25, 0.3) is 0 Å². The molecule has 20 heavy (non-hydrogen) atoms. The molecular weight excluding hydrogens is 282 g/mol. The maximum Gasteiger partial charge on any atom is 0.305 e. The van der Waals surface area contributed by atoms with Gasteiger partial charge < -0.3 is 20.3 Å². The average Bonchev–Trinajstić information content (AvgIpc) is 2.36. The molecule has 0 spiro atoms. The monoisotopic (exact) mass is 301 g/mol. The quantitative estimate of drug-likeness (QED) is 0.844. The highest BCUT2D eigenvalue weighted by Gasteiger charge is 2.25. The number of halogens is 1. The Bertz CT molecular complexity index is 502. The van der Waals surface area contributed by atoms with Gasteiger partial charge in [0.25, 0.3) is 0 Å². The van der Waals surface area contributed by atoms with Gasteiger partial charge in [0, 0.05) is 11.6 Å². The lowest BCUT2D eigenvalue weighted by Crippen LogP contribution is -2.17. The summed E-state index contributed by atoms with van der Waals surface area (Å²) < 4.78 is 10.6. The summed E-state index contributed by atoms with van der Waals surface area (Å²) in [6, 6.07) is 1.03. The van der Waals surface area contributed by atoms with E-state index in [4.69, 9.17) is 31.9 Å². The molecule has 0 bridgehead atoms. The molecule has 0 fully saturated rings. The lowest BCUT2D eigenvalue weighted by atomic mass is 9.94. The third-order valence-corrected chi connectivity index (χ3v) is 3.48. The van der Waals surface area contributed by atoms with Crippen LogP contribution in [0.3, 0.4) is 0 Å². The van der Waals surface area contributed by atoms with Crippen molar-refractivity contribution in [2.75, 3.05) is 14.2 Å². The molecule has 0 aromatic heterocycles. The Labute approximate surface area is 123 Å². The minimum atomic E-state index is -0.996. The molecule has 0 saturated carbocycles. The van der Waals surface area contributed by atoms with Crippen LogP contribution in [0.5, 0.6) is 11.5 Å². The van der Waals surface area contributed by atoms with Crippen molar-refractivity contribution in [3.8, 4) is 11.5 Å². The summed E-state index contributed by atoms with van der Waals surface area (Å²) in [6.45, 7) is 3.97. The summed E-state index contributed by atoms with van der Waals surface area (Å²) in [5.41, 5.74) is 7.28. The van der Waals surface area contributed by atoms with Crippen LogP contribution in [-0.2, 0) is 4.79 Å². The number of methoxy groups -OCH3 is 2. The third kappa shape index (κ3) is 3.35. The Morgan fingerprint density at radius 3 is 2.40 bits per heavy atom. The van der Waals surface area contributed by atoms with Crippen LogP contribution in [0.2, 0.25) is 5.02 Å². The summed E-state index contributed by atoms with van der Waals surface area (Å²) in [4.78, 5) is 10.9. The zero-order valence-corrected chi connectivity index (χ0v) is 12.8. The van der Waals surface area contributed by atoms with Gasteiger partial charge in [-0.2, -0.15) is 0 Å². The normalized spacial score (nSPS) is 12.3. The first kappa shape index (κ1) is 16.6. The molecule has 1 aromatic carbocycles. The van der Waals surface area contributed by atoms with E-state index in [1.54, 1.807) is 6.07 Å². The fourth-order valence-corrected chi connectivity index (χ4v) is 2.56. The van der Waals surface area contributed by atoms with E-state index in [2.05, 4.69) is 0 Å². The Kier molecular flexibility index (Phi) is 5.65. The van der Waals surface area contributed by atoms with Gasteiger partial charge in [-0.1, -0.05) is 25.4 Å². The maximum atomic E-state index is 10.9. The summed E-state index contributed by atoms with van der Waals surface area (Å²) in [6.07, 6.45) is -0.235. The molecular formula is C14H20ClNO4. The van der Waals surface area contributed by atoms with E-state index in [9.17, 15) is 4.79 Å². The van der Waals surface area contributed by atoms with E-state index in [-0.39, 0.29) is 12.3 Å². The van der Waals surface area contributed by atoms with Gasteiger partial charge in [0.05, 0.1) is 25.7 Å². The molecule has 0 amide bonds. The number of hydrogen-bond donors (Lipinski definition) is 2. The van der Waals surface area contributed by atoms with Gasteiger partial charge in [0.2, 0.25) is 0 Å². The van der Waals surface area contributed by atoms with Gasteiger partial charge in [-0.15, -0.1) is 0 Å². The van der Waals surface area contributed by atoms with E-state index >= 15 is 0 Å². The van der Waals surface area contributed by atoms with Crippen LogP contribution in [0.4, 0.5) is 0 Å². The molecule has 6 heteroatoms. The van der Waals surface area contributed by atoms with Gasteiger partial charge >= 0.3 is 5.97 Å². The van der Waals surface area contributed by atoms with E-state index in [1.807, 2.05) is 13.8 Å². The number of carboxylic acids is 1. The van der Waals surface area contributed by atoms with Crippen LogP contribution < -0.4 is 15.2 Å². The first-order chi connectivity index (χ1) is 9.33. The zero-order valence-electron chi connectivity index (χ0n) is 12.1. The number of carbonyl (C=O) groups is 1. The van der Waals surface area contributed by atoms with Crippen molar-refractivity contribution >= 4 is 17.6 Å². The predicted molar refractivity (Wildman–Crippen MR) is 77.8 cm³/mol. The topological polar surface area (TPSA) is 81.8 Å². The maximum absolute atomic E-state index is 10.9. The van der Waals surface area contributed by atoms with Crippen molar-refractivity contribution < 1.29 is 19.4 Å². The second-order valence-corrected chi connectivity index (χ2v) is 5.17. The largest absolute Gasteiger partial charge is 0.493 e. The van der Waals surface area contributed by atoms with Crippen molar-refractivity contribution in [2.24, 2.45) is 5.73 Å². The third-order valence-electron chi connectivity index (χ3n) is 3.06. The van der Waals surface area contributed by atoms with Crippen molar-refractivity contribution in [3.05, 3.63) is 22.2 Å². The van der Waals surface area contributed by atoms with Crippen LogP contribution in [0.15, 0.2) is 6.07 Å². The average molecular weight is 302 g/mol. The number of nitrogens with two attached hydrogens (primary N) is 1. The summed E-state index contributed by atoms with van der Waals surface area (Å²) in [5, 5.41) is 9.35. The van der Waals surface area contributed by atoms with Crippen molar-refractivity contribution in [3.63, 3.8) is 0 Å². The summed E-state index contributed by atoms with van der Waals surface area (Å²) in [7, 11) is 2.99. The SMILES string of the molecule is COc1cc(C(C)C)c(Cl)c(C(N)CC(=O)O)c1OC. The highest BCUT2D eigenvalue weighted by atomic mass is 35.5. The van der Waals surface area contributed by atoms with Gasteiger partial charge in [0.1, 0.15) is 0 Å². The molecule has 1 rings (SSSR count). The second kappa shape index (κ2) is 6.81. The van der Waals surface area contributed by atoms with Gasteiger partial charge in [-0.3, -0.25) is 4.79 Å². The molecule has 1 atom stereocenters. The lowest BCUT2D eigenvalue weighted by molar-refractivity contribution is -0.137. The van der Waals surface area contributed by atoms with Crippen molar-refractivity contribution in [2.45, 2.75) is 32.2 Å². The molecule has 0 radical (unpaired) electrons. The Morgan fingerprint density at radius 2 is 2.00 bits per heavy atom. The number of rotatable bonds is 6. The summed E-state index contributed by atoms with van der Waals surface area (Å²) in [5.74, 6) is 0.0368. The highest BCUT2D eigenvalue weighted by Crippen LogP contribution is 2.44. The first-order valence-corrected chi connectivity index (χ1v) is 6.62. The first-order valence-electron chi connectivity index (χ1n) is 6.25. The number of carboxylic acid groups (broad SMARTS) is 1. The van der Waals surface area contributed by atoms with Gasteiger partial charge in [-0.25, -0.2) is 0 Å². The van der Waals surface area contributed by atoms with Gasteiger partial charge in [-0.05, 0) is 17.5 Å². The molecule has 0 heterocycles. The van der Waals surface area contributed by atoms with E-state index in [0.717, 1.165) is 5.56 Å². The lowest BCUT2D eigenvalue weighted by Gasteiger charge is -2.22. The zero-order chi connectivity index (χ0) is 15.4. The highest BCUT2D eigenvalue weighted by molar-refractivity contribution is 6.32. The molecule has 0 saturated heterocycles. The molecule has 1 unspecified atom stereocenters. The molecule has 1 aromatic rings. The molecule has 0 aliphatic rings. The van der Waals surface area contributed by atoms with Crippen LogP contribution >= 0.6 is 11.6 Å². The van der Waals surface area contributed by atoms with Crippen LogP contribution in [-0.4, -0.2) is 25.3 Å². The molecule has 3 N–H and O–H groups in total. The van der Waals surface area contributed by atoms with E-state index < -0.39 is 12.0 Å². The van der Waals surface area contributed by atoms with Crippen LogP contribution in [0.1, 0.15) is 43.4 Å². The Morgan fingerprint density at radius 1 is 1.40 bits per heavy atom. The number of benzene rings is 1. The molecule has 112 valence electrons. The molecule has 0 aliphatic carbocycles. The fourth-order valence-electron chi connectivity index (χ4n) is 2.06. The van der Waals surface area contributed by atoms with Crippen LogP contribution in [0, 0.1) is 0 Å². The molecule has 5 nitrogen and oxygen atoms in total. The van der Waals surface area contributed by atoms with Gasteiger partial charge in [0.15, 0.2) is 11.5 Å². The van der Waals surface area contributed by atoms with Crippen molar-refractivity contribution in [1.29, 1.82) is 0 Å². The number of aliphatic carboxylic acids is 1. The van der Waals surface area contributed by atoms with E-state index in [0.29, 0.717) is 22.1 Å². The van der Waals surface area contributed by atoms with E-state index in [1.165, 1.54) is 14.2 Å².